The largest absolute Gasteiger partial charge is 0.463 e. The first-order chi connectivity index (χ1) is 9.72. The van der Waals surface area contributed by atoms with Crippen molar-refractivity contribution < 1.29 is 13.9 Å². The van der Waals surface area contributed by atoms with E-state index in [-0.39, 0.29) is 5.76 Å². The normalized spacial score (nSPS) is 18.6. The molecule has 0 radical (unpaired) electrons. The molecule has 112 valence electrons. The number of hydrogen-bond acceptors (Lipinski definition) is 5. The van der Waals surface area contributed by atoms with E-state index in [1.54, 1.807) is 6.07 Å². The molecule has 1 unspecified atom stereocenters. The summed E-state index contributed by atoms with van der Waals surface area (Å²) in [6.45, 7) is 6.10. The molecule has 2 rings (SSSR count). The molecule has 0 aromatic carbocycles. The molecule has 1 aliphatic heterocycles. The summed E-state index contributed by atoms with van der Waals surface area (Å²) >= 11 is 0. The van der Waals surface area contributed by atoms with Crippen LogP contribution in [0.2, 0.25) is 0 Å². The fraction of sp³-hybridized carbons (Fsp3) is 0.667. The van der Waals surface area contributed by atoms with Crippen LogP contribution in [0.5, 0.6) is 0 Å². The van der Waals surface area contributed by atoms with Crippen molar-refractivity contribution in [2.75, 3.05) is 26.7 Å². The second-order valence-corrected chi connectivity index (χ2v) is 5.29. The minimum absolute atomic E-state index is 0.276. The quantitative estimate of drug-likeness (QED) is 0.775. The summed E-state index contributed by atoms with van der Waals surface area (Å²) < 4.78 is 10.2. The van der Waals surface area contributed by atoms with Gasteiger partial charge in [0.15, 0.2) is 0 Å². The van der Waals surface area contributed by atoms with Gasteiger partial charge in [-0.2, -0.15) is 0 Å². The van der Waals surface area contributed by atoms with E-state index in [4.69, 9.17) is 4.42 Å². The lowest BCUT2D eigenvalue weighted by Gasteiger charge is -2.24. The number of esters is 1. The minimum atomic E-state index is -0.421. The van der Waals surface area contributed by atoms with E-state index >= 15 is 0 Å². The molecular formula is C15H24N2O3. The van der Waals surface area contributed by atoms with E-state index in [2.05, 4.69) is 21.9 Å². The van der Waals surface area contributed by atoms with Gasteiger partial charge in [0.2, 0.25) is 5.76 Å². The van der Waals surface area contributed by atoms with Gasteiger partial charge in [-0.1, -0.05) is 6.92 Å². The first kappa shape index (κ1) is 15.1. The van der Waals surface area contributed by atoms with Crippen LogP contribution < -0.4 is 5.32 Å². The number of carbonyl (C=O) groups excluding carboxylic acids is 1. The predicted octanol–water partition coefficient (Wildman–Crippen LogP) is 2.03. The van der Waals surface area contributed by atoms with Crippen LogP contribution in [0.4, 0.5) is 0 Å². The van der Waals surface area contributed by atoms with E-state index in [0.29, 0.717) is 6.04 Å². The van der Waals surface area contributed by atoms with Gasteiger partial charge in [0.1, 0.15) is 5.76 Å². The van der Waals surface area contributed by atoms with Crippen molar-refractivity contribution in [3.05, 3.63) is 23.7 Å². The van der Waals surface area contributed by atoms with Crippen molar-refractivity contribution in [2.24, 2.45) is 0 Å². The molecule has 2 heterocycles. The summed E-state index contributed by atoms with van der Waals surface area (Å²) in [5, 5.41) is 3.52. The van der Waals surface area contributed by atoms with Gasteiger partial charge in [0, 0.05) is 12.6 Å². The average molecular weight is 280 g/mol. The van der Waals surface area contributed by atoms with Gasteiger partial charge in [-0.25, -0.2) is 4.79 Å². The standard InChI is InChI=1S/C15H24N2O3/c1-3-9-17(10-12-5-4-8-16-12)11-13-6-7-14(20-13)15(18)19-2/h6-7,12,16H,3-5,8-11H2,1-2H3. The summed E-state index contributed by atoms with van der Waals surface area (Å²) in [5.41, 5.74) is 0. The molecule has 5 heteroatoms. The molecule has 0 amide bonds. The topological polar surface area (TPSA) is 54.7 Å². The zero-order valence-electron chi connectivity index (χ0n) is 12.4. The molecule has 0 bridgehead atoms. The lowest BCUT2D eigenvalue weighted by Crippen LogP contribution is -2.37. The highest BCUT2D eigenvalue weighted by Gasteiger charge is 2.19. The van der Waals surface area contributed by atoms with Crippen LogP contribution in [0.1, 0.15) is 42.5 Å². The van der Waals surface area contributed by atoms with Gasteiger partial charge in [0.05, 0.1) is 13.7 Å². The Kier molecular flexibility index (Phi) is 5.61. The molecule has 1 aromatic heterocycles. The Morgan fingerprint density at radius 3 is 3.05 bits per heavy atom. The number of furan rings is 1. The van der Waals surface area contributed by atoms with Crippen molar-refractivity contribution in [1.29, 1.82) is 0 Å². The molecule has 20 heavy (non-hydrogen) atoms. The van der Waals surface area contributed by atoms with Crippen LogP contribution in [-0.2, 0) is 11.3 Å². The zero-order valence-corrected chi connectivity index (χ0v) is 12.4. The summed E-state index contributed by atoms with van der Waals surface area (Å²) in [6, 6.07) is 4.12. The third kappa shape index (κ3) is 4.08. The molecule has 1 N–H and O–H groups in total. The van der Waals surface area contributed by atoms with E-state index < -0.39 is 5.97 Å². The van der Waals surface area contributed by atoms with Gasteiger partial charge in [-0.15, -0.1) is 0 Å². The highest BCUT2D eigenvalue weighted by molar-refractivity contribution is 5.86. The van der Waals surface area contributed by atoms with E-state index in [1.165, 1.54) is 20.0 Å². The van der Waals surface area contributed by atoms with Crippen LogP contribution in [0.3, 0.4) is 0 Å². The number of rotatable bonds is 7. The zero-order chi connectivity index (χ0) is 14.4. The van der Waals surface area contributed by atoms with Gasteiger partial charge in [-0.3, -0.25) is 4.90 Å². The van der Waals surface area contributed by atoms with Gasteiger partial charge >= 0.3 is 5.97 Å². The number of methoxy groups -OCH3 is 1. The maximum absolute atomic E-state index is 11.4. The monoisotopic (exact) mass is 280 g/mol. The smallest absolute Gasteiger partial charge is 0.373 e. The third-order valence-corrected chi connectivity index (χ3v) is 3.61. The van der Waals surface area contributed by atoms with E-state index in [9.17, 15) is 4.79 Å². The Morgan fingerprint density at radius 2 is 2.40 bits per heavy atom. The van der Waals surface area contributed by atoms with Crippen molar-refractivity contribution in [1.82, 2.24) is 10.2 Å². The molecule has 0 saturated carbocycles. The van der Waals surface area contributed by atoms with Gasteiger partial charge in [-0.05, 0) is 44.5 Å². The van der Waals surface area contributed by atoms with Crippen molar-refractivity contribution >= 4 is 5.97 Å². The number of nitrogens with one attached hydrogen (secondary N) is 1. The Labute approximate surface area is 120 Å². The maximum atomic E-state index is 11.4. The Bertz CT molecular complexity index is 425. The molecule has 1 fully saturated rings. The van der Waals surface area contributed by atoms with Crippen molar-refractivity contribution in [3.8, 4) is 0 Å². The minimum Gasteiger partial charge on any atom is -0.463 e. The van der Waals surface area contributed by atoms with Crippen LogP contribution in [0, 0.1) is 0 Å². The number of hydrogen-bond donors (Lipinski definition) is 1. The SMILES string of the molecule is CCCN(Cc1ccc(C(=O)OC)o1)CC1CCCN1. The van der Waals surface area contributed by atoms with Crippen molar-refractivity contribution in [2.45, 2.75) is 38.8 Å². The first-order valence-corrected chi connectivity index (χ1v) is 7.35. The molecule has 1 aromatic rings. The highest BCUT2D eigenvalue weighted by atomic mass is 16.5. The Morgan fingerprint density at radius 1 is 1.55 bits per heavy atom. The summed E-state index contributed by atoms with van der Waals surface area (Å²) in [5.74, 6) is 0.672. The molecule has 0 aliphatic carbocycles. The van der Waals surface area contributed by atoms with Gasteiger partial charge < -0.3 is 14.5 Å². The number of ether oxygens (including phenoxy) is 1. The molecule has 1 aliphatic rings. The van der Waals surface area contributed by atoms with Crippen LogP contribution in [0.25, 0.3) is 0 Å². The maximum Gasteiger partial charge on any atom is 0.373 e. The second kappa shape index (κ2) is 7.45. The molecule has 0 spiro atoms. The summed E-state index contributed by atoms with van der Waals surface area (Å²) in [6.07, 6.45) is 3.61. The number of nitrogens with zero attached hydrogens (tertiary/aromatic N) is 1. The second-order valence-electron chi connectivity index (χ2n) is 5.29. The molecule has 5 nitrogen and oxygen atoms in total. The summed E-state index contributed by atoms with van der Waals surface area (Å²) in [7, 11) is 1.36. The Balaban J connectivity index is 1.92. The third-order valence-electron chi connectivity index (χ3n) is 3.61. The lowest BCUT2D eigenvalue weighted by atomic mass is 10.2. The number of carbonyl (C=O) groups is 1. The predicted molar refractivity (Wildman–Crippen MR) is 76.6 cm³/mol. The van der Waals surface area contributed by atoms with Gasteiger partial charge in [0.25, 0.3) is 0 Å². The molecular weight excluding hydrogens is 256 g/mol. The van der Waals surface area contributed by atoms with Crippen molar-refractivity contribution in [3.63, 3.8) is 0 Å². The van der Waals surface area contributed by atoms with Crippen LogP contribution >= 0.6 is 0 Å². The first-order valence-electron chi connectivity index (χ1n) is 7.35. The lowest BCUT2D eigenvalue weighted by molar-refractivity contribution is 0.0561. The molecule has 1 atom stereocenters. The van der Waals surface area contributed by atoms with Crippen LogP contribution in [-0.4, -0.2) is 43.7 Å². The van der Waals surface area contributed by atoms with E-state index in [0.717, 1.165) is 38.4 Å². The highest BCUT2D eigenvalue weighted by Crippen LogP contribution is 2.14. The molecule has 1 saturated heterocycles. The van der Waals surface area contributed by atoms with E-state index in [1.807, 2.05) is 6.07 Å². The summed E-state index contributed by atoms with van der Waals surface area (Å²) in [4.78, 5) is 13.8. The Hall–Kier alpha value is -1.33. The van der Waals surface area contributed by atoms with Crippen LogP contribution in [0.15, 0.2) is 16.5 Å². The average Bonchev–Trinajstić information content (AvgIpc) is 3.10. The fourth-order valence-electron chi connectivity index (χ4n) is 2.67. The fourth-order valence-corrected chi connectivity index (χ4v) is 2.67.